The lowest BCUT2D eigenvalue weighted by atomic mass is 9.94. The van der Waals surface area contributed by atoms with Gasteiger partial charge in [-0.05, 0) is 43.0 Å². The quantitative estimate of drug-likeness (QED) is 0.655. The van der Waals surface area contributed by atoms with Crippen LogP contribution in [0.2, 0.25) is 0 Å². The molecule has 2 N–H and O–H groups in total. The van der Waals surface area contributed by atoms with Gasteiger partial charge in [-0.25, -0.2) is 0 Å². The molecule has 2 fully saturated rings. The van der Waals surface area contributed by atoms with Crippen molar-refractivity contribution >= 4 is 22.7 Å². The lowest BCUT2D eigenvalue weighted by molar-refractivity contribution is -0.123. The Morgan fingerprint density at radius 2 is 1.78 bits per heavy atom. The summed E-state index contributed by atoms with van der Waals surface area (Å²) in [7, 11) is 0. The van der Waals surface area contributed by atoms with Crippen molar-refractivity contribution in [1.29, 1.82) is 0 Å². The smallest absolute Gasteiger partial charge is 0.255 e. The minimum atomic E-state index is -0.302. The number of aromatic nitrogens is 1. The van der Waals surface area contributed by atoms with Gasteiger partial charge in [-0.3, -0.25) is 19.5 Å². The molecule has 6 nitrogen and oxygen atoms in total. The van der Waals surface area contributed by atoms with Crippen LogP contribution in [0.25, 0.3) is 10.9 Å². The minimum Gasteiger partial charge on any atom is -0.368 e. The van der Waals surface area contributed by atoms with Gasteiger partial charge in [0.15, 0.2) is 0 Å². The lowest BCUT2D eigenvalue weighted by Gasteiger charge is -2.27. The van der Waals surface area contributed by atoms with Gasteiger partial charge in [0.05, 0.1) is 17.1 Å². The van der Waals surface area contributed by atoms with E-state index >= 15 is 0 Å². The zero-order valence-electron chi connectivity index (χ0n) is 18.1. The molecule has 1 aromatic heterocycles. The Labute approximate surface area is 188 Å². The summed E-state index contributed by atoms with van der Waals surface area (Å²) in [5.41, 5.74) is 8.61. The molecule has 2 aliphatic rings. The van der Waals surface area contributed by atoms with Gasteiger partial charge < -0.3 is 10.6 Å². The van der Waals surface area contributed by atoms with Crippen molar-refractivity contribution in [2.75, 3.05) is 26.2 Å². The number of carbonyl (C=O) groups is 2. The maximum absolute atomic E-state index is 13.2. The van der Waals surface area contributed by atoms with Gasteiger partial charge in [-0.2, -0.15) is 0 Å². The van der Waals surface area contributed by atoms with Gasteiger partial charge in [-0.1, -0.05) is 48.5 Å². The third-order valence-electron chi connectivity index (χ3n) is 6.93. The highest BCUT2D eigenvalue weighted by molar-refractivity contribution is 5.97. The molecule has 2 amide bonds. The molecule has 2 unspecified atom stereocenters. The van der Waals surface area contributed by atoms with Gasteiger partial charge in [0.1, 0.15) is 0 Å². The molecule has 0 spiro atoms. The number of para-hydroxylation sites is 1. The van der Waals surface area contributed by atoms with Crippen LogP contribution in [0.5, 0.6) is 0 Å². The predicted molar refractivity (Wildman–Crippen MR) is 124 cm³/mol. The van der Waals surface area contributed by atoms with Crippen LogP contribution in [0.3, 0.4) is 0 Å². The highest BCUT2D eigenvalue weighted by atomic mass is 16.2. The standard InChI is InChI=1S/C26H28N4O2/c27-25(31)24-22-17-30(26(32)20-13-19-10-4-5-11-23(19)28-14-20)16-21(22)15-29(24)12-6-9-18-7-2-1-3-8-18/h1-5,7-8,10-11,13-14,21-22,24H,6,9,12,15-17H2,(H2,27,31)/t21?,22-,24?/m1/s1. The SMILES string of the molecule is NC(=O)C1[C@@H]2CN(C(=O)c3cnc4ccccc4c3)CC2CN1CCCc1ccccc1. The van der Waals surface area contributed by atoms with E-state index in [9.17, 15) is 9.59 Å². The Morgan fingerprint density at radius 3 is 2.59 bits per heavy atom. The normalized spacial score (nSPS) is 22.9. The molecule has 0 aliphatic carbocycles. The number of benzene rings is 2. The van der Waals surface area contributed by atoms with Crippen molar-refractivity contribution in [2.24, 2.45) is 17.6 Å². The van der Waals surface area contributed by atoms with Gasteiger partial charge >= 0.3 is 0 Å². The molecule has 3 atom stereocenters. The van der Waals surface area contributed by atoms with E-state index in [0.29, 0.717) is 18.7 Å². The van der Waals surface area contributed by atoms with Crippen LogP contribution in [0.1, 0.15) is 22.3 Å². The number of nitrogens with zero attached hydrogens (tertiary/aromatic N) is 3. The number of aryl methyl sites for hydroxylation is 1. The second-order valence-corrected chi connectivity index (χ2v) is 8.98. The fourth-order valence-corrected chi connectivity index (χ4v) is 5.42. The Hall–Kier alpha value is -3.25. The largest absolute Gasteiger partial charge is 0.368 e. The molecule has 0 bridgehead atoms. The highest BCUT2D eigenvalue weighted by Crippen LogP contribution is 2.37. The number of fused-ring (bicyclic) bond motifs is 2. The zero-order valence-corrected chi connectivity index (χ0v) is 18.1. The van der Waals surface area contributed by atoms with Crippen LogP contribution in [0.4, 0.5) is 0 Å². The summed E-state index contributed by atoms with van der Waals surface area (Å²) in [6.07, 6.45) is 3.62. The maximum atomic E-state index is 13.2. The maximum Gasteiger partial charge on any atom is 0.255 e. The van der Waals surface area contributed by atoms with Gasteiger partial charge in [0.25, 0.3) is 5.91 Å². The Morgan fingerprint density at radius 1 is 1.00 bits per heavy atom. The molecular weight excluding hydrogens is 400 g/mol. The molecule has 0 saturated carbocycles. The first-order valence-electron chi connectivity index (χ1n) is 11.3. The van der Waals surface area contributed by atoms with Crippen molar-refractivity contribution in [3.8, 4) is 0 Å². The summed E-state index contributed by atoms with van der Waals surface area (Å²) in [6.45, 7) is 2.89. The first-order valence-corrected chi connectivity index (χ1v) is 11.3. The van der Waals surface area contributed by atoms with E-state index < -0.39 is 0 Å². The number of hydrogen-bond donors (Lipinski definition) is 1. The number of nitrogens with two attached hydrogens (primary N) is 1. The second kappa shape index (κ2) is 8.71. The number of hydrogen-bond acceptors (Lipinski definition) is 4. The molecule has 164 valence electrons. The van der Waals surface area contributed by atoms with Crippen LogP contribution in [-0.4, -0.2) is 58.8 Å². The highest BCUT2D eigenvalue weighted by Gasteiger charge is 2.50. The van der Waals surface area contributed by atoms with E-state index in [2.05, 4.69) is 34.1 Å². The second-order valence-electron chi connectivity index (χ2n) is 8.98. The number of amides is 2. The summed E-state index contributed by atoms with van der Waals surface area (Å²) in [6, 6.07) is 19.8. The molecule has 2 saturated heterocycles. The lowest BCUT2D eigenvalue weighted by Crippen LogP contribution is -2.46. The molecular formula is C26H28N4O2. The molecule has 5 rings (SSSR count). The fourth-order valence-electron chi connectivity index (χ4n) is 5.42. The summed E-state index contributed by atoms with van der Waals surface area (Å²) in [5, 5.41) is 0.956. The van der Waals surface area contributed by atoms with E-state index in [0.717, 1.165) is 36.8 Å². The number of carbonyl (C=O) groups excluding carboxylic acids is 2. The first kappa shape index (κ1) is 20.6. The van der Waals surface area contributed by atoms with E-state index in [1.54, 1.807) is 6.20 Å². The van der Waals surface area contributed by atoms with E-state index in [-0.39, 0.29) is 29.7 Å². The molecule has 3 heterocycles. The van der Waals surface area contributed by atoms with Gasteiger partial charge in [0.2, 0.25) is 5.91 Å². The number of pyridine rings is 1. The predicted octanol–water partition coefficient (Wildman–Crippen LogP) is 2.73. The Balaban J connectivity index is 1.24. The van der Waals surface area contributed by atoms with Gasteiger partial charge in [-0.15, -0.1) is 0 Å². The molecule has 2 aromatic carbocycles. The summed E-state index contributed by atoms with van der Waals surface area (Å²) >= 11 is 0. The van der Waals surface area contributed by atoms with Crippen LogP contribution in [0.15, 0.2) is 66.9 Å². The third kappa shape index (κ3) is 3.98. The third-order valence-corrected chi connectivity index (χ3v) is 6.93. The summed E-state index contributed by atoms with van der Waals surface area (Å²) in [4.78, 5) is 34.1. The van der Waals surface area contributed by atoms with Crippen molar-refractivity contribution < 1.29 is 9.59 Å². The van der Waals surface area contributed by atoms with Crippen molar-refractivity contribution in [3.63, 3.8) is 0 Å². The number of likely N-dealkylation sites (tertiary alicyclic amines) is 2. The van der Waals surface area contributed by atoms with Crippen LogP contribution >= 0.6 is 0 Å². The van der Waals surface area contributed by atoms with Crippen molar-refractivity contribution in [3.05, 3.63) is 78.0 Å². The molecule has 6 heteroatoms. The van der Waals surface area contributed by atoms with Crippen molar-refractivity contribution in [2.45, 2.75) is 18.9 Å². The Bertz CT molecular complexity index is 1130. The zero-order chi connectivity index (χ0) is 22.1. The average molecular weight is 429 g/mol. The first-order chi connectivity index (χ1) is 15.6. The van der Waals surface area contributed by atoms with Crippen LogP contribution < -0.4 is 5.73 Å². The van der Waals surface area contributed by atoms with E-state index in [1.807, 2.05) is 41.3 Å². The molecule has 2 aliphatic heterocycles. The van der Waals surface area contributed by atoms with E-state index in [4.69, 9.17) is 5.73 Å². The minimum absolute atomic E-state index is 0.0171. The van der Waals surface area contributed by atoms with Crippen molar-refractivity contribution in [1.82, 2.24) is 14.8 Å². The van der Waals surface area contributed by atoms with E-state index in [1.165, 1.54) is 5.56 Å². The molecule has 32 heavy (non-hydrogen) atoms. The van der Waals surface area contributed by atoms with Crippen LogP contribution in [-0.2, 0) is 11.2 Å². The summed E-state index contributed by atoms with van der Waals surface area (Å²) < 4.78 is 0. The molecule has 0 radical (unpaired) electrons. The van der Waals surface area contributed by atoms with Crippen LogP contribution in [0, 0.1) is 11.8 Å². The monoisotopic (exact) mass is 428 g/mol. The average Bonchev–Trinajstić information content (AvgIpc) is 3.36. The Kier molecular flexibility index (Phi) is 5.62. The number of primary amides is 1. The topological polar surface area (TPSA) is 79.5 Å². The van der Waals surface area contributed by atoms with Gasteiger partial charge in [0, 0.05) is 37.1 Å². The molecule has 3 aromatic rings. The summed E-state index contributed by atoms with van der Waals surface area (Å²) in [5.74, 6) is 0.0820. The fraction of sp³-hybridized carbons (Fsp3) is 0.346. The number of rotatable bonds is 6.